The highest BCUT2D eigenvalue weighted by Gasteiger charge is 2.32. The fourth-order valence-electron chi connectivity index (χ4n) is 4.93. The topological polar surface area (TPSA) is 175 Å². The van der Waals surface area contributed by atoms with Crippen LogP contribution in [0.1, 0.15) is 60.8 Å². The molecule has 3 aromatic rings. The maximum Gasteiger partial charge on any atom is 0.338 e. The quantitative estimate of drug-likeness (QED) is 0.0686. The third-order valence-corrected chi connectivity index (χ3v) is 7.24. The van der Waals surface area contributed by atoms with Crippen molar-refractivity contribution in [2.45, 2.75) is 46.6 Å². The molecule has 50 heavy (non-hydrogen) atoms. The molecule has 2 amide bonds. The number of methoxy groups -OCH3 is 1. The zero-order valence-corrected chi connectivity index (χ0v) is 28.6. The maximum absolute atomic E-state index is 12.5. The summed E-state index contributed by atoms with van der Waals surface area (Å²) in [4.78, 5) is 36.6. The largest absolute Gasteiger partial charge is 0.490 e. The monoisotopic (exact) mass is 690 g/mol. The number of aliphatic hydroxyl groups is 1. The zero-order chi connectivity index (χ0) is 36.0. The number of hydrazone groups is 1. The summed E-state index contributed by atoms with van der Waals surface area (Å²) >= 11 is 0. The Hall–Kier alpha value is -5.76. The van der Waals surface area contributed by atoms with Gasteiger partial charge in [0.05, 0.1) is 50.3 Å². The lowest BCUT2D eigenvalue weighted by Crippen LogP contribution is -2.45. The van der Waals surface area contributed by atoms with Gasteiger partial charge in [0.1, 0.15) is 13.2 Å². The lowest BCUT2D eigenvalue weighted by atomic mass is 9.95. The lowest BCUT2D eigenvalue weighted by Gasteiger charge is -2.28. The van der Waals surface area contributed by atoms with Crippen molar-refractivity contribution < 1.29 is 47.9 Å². The number of allylic oxidation sites excluding steroid dienone is 1. The van der Waals surface area contributed by atoms with Crippen LogP contribution in [0.5, 0.6) is 23.0 Å². The summed E-state index contributed by atoms with van der Waals surface area (Å²) in [6, 6.07) is 16.1. The molecule has 2 atom stereocenters. The summed E-state index contributed by atoms with van der Waals surface area (Å²) < 4.78 is 33.3. The molecule has 0 bridgehead atoms. The van der Waals surface area contributed by atoms with E-state index in [-0.39, 0.29) is 24.8 Å². The summed E-state index contributed by atoms with van der Waals surface area (Å²) in [5.41, 5.74) is 5.87. The highest BCUT2D eigenvalue weighted by atomic mass is 16.5. The summed E-state index contributed by atoms with van der Waals surface area (Å²) in [5, 5.41) is 20.0. The van der Waals surface area contributed by atoms with Gasteiger partial charge >= 0.3 is 18.0 Å². The first kappa shape index (κ1) is 37.1. The van der Waals surface area contributed by atoms with Crippen molar-refractivity contribution in [2.75, 3.05) is 33.5 Å². The number of nitrogens with one attached hydrogen (secondary N) is 3. The van der Waals surface area contributed by atoms with Gasteiger partial charge in [0.15, 0.2) is 29.2 Å². The smallest absolute Gasteiger partial charge is 0.338 e. The summed E-state index contributed by atoms with van der Waals surface area (Å²) in [5.74, 6) is 0.795. The van der Waals surface area contributed by atoms with Gasteiger partial charge in [-0.1, -0.05) is 18.2 Å². The molecule has 14 nitrogen and oxygen atoms in total. The zero-order valence-electron chi connectivity index (χ0n) is 28.6. The Bertz CT molecular complexity index is 1710. The molecule has 1 heterocycles. The van der Waals surface area contributed by atoms with Crippen molar-refractivity contribution in [1.29, 1.82) is 0 Å². The number of hydrogen-bond donors (Lipinski definition) is 4. The first-order valence-corrected chi connectivity index (χ1v) is 16.1. The lowest BCUT2D eigenvalue weighted by molar-refractivity contribution is -0.136. The van der Waals surface area contributed by atoms with Crippen LogP contribution in [0.3, 0.4) is 0 Å². The van der Waals surface area contributed by atoms with Crippen molar-refractivity contribution in [3.05, 3.63) is 94.2 Å². The Labute approximate surface area is 290 Å². The van der Waals surface area contributed by atoms with E-state index in [1.807, 2.05) is 6.92 Å². The van der Waals surface area contributed by atoms with Crippen molar-refractivity contribution in [3.8, 4) is 23.0 Å². The van der Waals surface area contributed by atoms with Gasteiger partial charge in [-0.2, -0.15) is 5.10 Å². The van der Waals surface area contributed by atoms with Gasteiger partial charge in [0, 0.05) is 5.70 Å². The number of carbonyl (C=O) groups is 3. The van der Waals surface area contributed by atoms with Crippen LogP contribution in [0, 0.1) is 0 Å². The van der Waals surface area contributed by atoms with Gasteiger partial charge in [0.25, 0.3) is 0 Å². The summed E-state index contributed by atoms with van der Waals surface area (Å²) in [7, 11) is 1.27. The highest BCUT2D eigenvalue weighted by Crippen LogP contribution is 2.35. The molecule has 4 N–H and O–H groups in total. The number of amides is 2. The van der Waals surface area contributed by atoms with Crippen LogP contribution in [0.2, 0.25) is 0 Å². The van der Waals surface area contributed by atoms with Gasteiger partial charge in [-0.15, -0.1) is 0 Å². The van der Waals surface area contributed by atoms with Crippen molar-refractivity contribution in [2.24, 2.45) is 5.10 Å². The SMILES string of the molecule is CCOC(=O)c1ccc(COc2ccc(/C=N/N[C@H](O)COc3ccc([C@@H]4NC(=O)NC(C)=C4C(=O)OC)cc3OCC)cc2OCC)cc1. The van der Waals surface area contributed by atoms with Crippen LogP contribution in [0.15, 0.2) is 77.0 Å². The maximum atomic E-state index is 12.5. The Kier molecular flexibility index (Phi) is 13.4. The summed E-state index contributed by atoms with van der Waals surface area (Å²) in [6.45, 7) is 8.18. The number of aliphatic hydroxyl groups excluding tert-OH is 1. The van der Waals surface area contributed by atoms with Crippen LogP contribution >= 0.6 is 0 Å². The molecule has 0 fully saturated rings. The normalized spacial score (nSPS) is 14.7. The third kappa shape index (κ3) is 9.89. The number of nitrogens with zero attached hydrogens (tertiary/aromatic N) is 1. The second-order valence-electron chi connectivity index (χ2n) is 10.8. The van der Waals surface area contributed by atoms with Crippen LogP contribution < -0.4 is 35.0 Å². The second kappa shape index (κ2) is 18.1. The number of rotatable bonds is 17. The molecule has 3 aromatic carbocycles. The predicted octanol–water partition coefficient (Wildman–Crippen LogP) is 4.36. The number of hydrogen-bond acceptors (Lipinski definition) is 12. The van der Waals surface area contributed by atoms with Crippen LogP contribution in [-0.4, -0.2) is 69.1 Å². The first-order valence-electron chi connectivity index (χ1n) is 16.1. The van der Waals surface area contributed by atoms with E-state index in [1.165, 1.54) is 13.3 Å². The van der Waals surface area contributed by atoms with E-state index >= 15 is 0 Å². The molecule has 0 aliphatic carbocycles. The Morgan fingerprint density at radius 2 is 1.56 bits per heavy atom. The average Bonchev–Trinajstić information content (AvgIpc) is 3.10. The minimum Gasteiger partial charge on any atom is -0.490 e. The molecule has 0 saturated heterocycles. The molecule has 1 aliphatic heterocycles. The predicted molar refractivity (Wildman–Crippen MR) is 183 cm³/mol. The van der Waals surface area contributed by atoms with Crippen molar-refractivity contribution >= 4 is 24.2 Å². The molecule has 14 heteroatoms. The van der Waals surface area contributed by atoms with Gasteiger partial charge in [-0.25, -0.2) is 14.4 Å². The Morgan fingerprint density at radius 3 is 2.24 bits per heavy atom. The number of esters is 2. The number of ether oxygens (including phenoxy) is 6. The van der Waals surface area contributed by atoms with Gasteiger partial charge in [-0.05, 0) is 86.8 Å². The van der Waals surface area contributed by atoms with E-state index in [0.717, 1.165) is 5.56 Å². The van der Waals surface area contributed by atoms with Crippen LogP contribution in [0.4, 0.5) is 4.79 Å². The van der Waals surface area contributed by atoms with Gasteiger partial charge in [0.2, 0.25) is 0 Å². The fourth-order valence-corrected chi connectivity index (χ4v) is 4.93. The van der Waals surface area contributed by atoms with E-state index in [1.54, 1.807) is 81.4 Å². The second-order valence-corrected chi connectivity index (χ2v) is 10.8. The number of urea groups is 1. The van der Waals surface area contributed by atoms with Gasteiger partial charge in [-0.3, -0.25) is 5.43 Å². The molecular formula is C36H42N4O10. The Balaban J connectivity index is 1.35. The third-order valence-electron chi connectivity index (χ3n) is 7.24. The van der Waals surface area contributed by atoms with E-state index in [4.69, 9.17) is 28.4 Å². The number of benzene rings is 3. The number of carbonyl (C=O) groups excluding carboxylic acids is 3. The van der Waals surface area contributed by atoms with Crippen molar-refractivity contribution in [3.63, 3.8) is 0 Å². The van der Waals surface area contributed by atoms with E-state index < -0.39 is 24.3 Å². The van der Waals surface area contributed by atoms with Crippen LogP contribution in [-0.2, 0) is 20.9 Å². The van der Waals surface area contributed by atoms with E-state index in [9.17, 15) is 19.5 Å². The molecule has 0 aromatic heterocycles. The fraction of sp³-hybridized carbons (Fsp3) is 0.333. The van der Waals surface area contributed by atoms with E-state index in [0.29, 0.717) is 65.2 Å². The molecule has 1 aliphatic rings. The summed E-state index contributed by atoms with van der Waals surface area (Å²) in [6.07, 6.45) is 0.344. The minimum atomic E-state index is -1.18. The molecule has 266 valence electrons. The molecule has 0 spiro atoms. The minimum absolute atomic E-state index is 0.176. The molecule has 0 saturated carbocycles. The molecule has 0 unspecified atom stereocenters. The average molecular weight is 691 g/mol. The van der Waals surface area contributed by atoms with Gasteiger partial charge < -0.3 is 44.2 Å². The van der Waals surface area contributed by atoms with Crippen LogP contribution in [0.25, 0.3) is 0 Å². The first-order chi connectivity index (χ1) is 24.2. The Morgan fingerprint density at radius 1 is 0.880 bits per heavy atom. The molecule has 4 rings (SSSR count). The van der Waals surface area contributed by atoms with Crippen molar-refractivity contribution in [1.82, 2.24) is 16.1 Å². The standard InChI is InChI=1S/C36H42N4O10/c1-6-46-29-17-24(11-15-27(29)49-20-23-9-12-25(13-10-23)34(42)48-8-3)19-37-40-31(41)21-50-28-16-14-26(18-30(28)47-7-2)33-32(35(43)45-5)22(4)38-36(44)39-33/h9-19,31,33,40-41H,6-8,20-21H2,1-5H3,(H2,38,39,44)/b37-19+/t31-,33+/m1/s1. The highest BCUT2D eigenvalue weighted by molar-refractivity contribution is 5.95. The van der Waals surface area contributed by atoms with E-state index in [2.05, 4.69) is 21.2 Å². The molecular weight excluding hydrogens is 648 g/mol. The molecule has 0 radical (unpaired) electrons.